The fraction of sp³-hybridized carbons (Fsp3) is 0.533. The molecule has 2 aliphatic heterocycles. The third-order valence-corrected chi connectivity index (χ3v) is 4.89. The number of hydrogen-bond donors (Lipinski definition) is 2. The van der Waals surface area contributed by atoms with Crippen molar-refractivity contribution >= 4 is 33.2 Å². The molecule has 1 amide bonds. The fourth-order valence-electron chi connectivity index (χ4n) is 3.28. The number of carbonyl (C=O) groups excluding carboxylic acids is 1. The van der Waals surface area contributed by atoms with Crippen LogP contribution < -0.4 is 16.0 Å². The van der Waals surface area contributed by atoms with Gasteiger partial charge in [0.25, 0.3) is 0 Å². The Kier molecular flexibility index (Phi) is 3.94. The maximum atomic E-state index is 11.7. The number of halogens is 1. The molecule has 114 valence electrons. The summed E-state index contributed by atoms with van der Waals surface area (Å²) < 4.78 is 1.01. The summed E-state index contributed by atoms with van der Waals surface area (Å²) in [6, 6.07) is 4.00. The summed E-state index contributed by atoms with van der Waals surface area (Å²) in [5.41, 5.74) is 8.77. The van der Waals surface area contributed by atoms with Crippen LogP contribution in [0.15, 0.2) is 16.6 Å². The number of benzene rings is 1. The second-order valence-corrected chi connectivity index (χ2v) is 6.96. The van der Waals surface area contributed by atoms with Crippen molar-refractivity contribution in [2.75, 3.05) is 37.4 Å². The molecule has 2 atom stereocenters. The van der Waals surface area contributed by atoms with E-state index in [1.165, 1.54) is 12.8 Å². The quantitative estimate of drug-likeness (QED) is 0.872. The van der Waals surface area contributed by atoms with Crippen LogP contribution in [0.5, 0.6) is 0 Å². The van der Waals surface area contributed by atoms with Gasteiger partial charge in [0.05, 0.1) is 5.69 Å². The predicted molar refractivity (Wildman–Crippen MR) is 88.6 cm³/mol. The smallest absolute Gasteiger partial charge is 0.245 e. The lowest BCUT2D eigenvalue weighted by Gasteiger charge is -2.30. The molecule has 2 unspecified atom stereocenters. The van der Waals surface area contributed by atoms with Gasteiger partial charge in [0.2, 0.25) is 5.91 Å². The molecule has 1 fully saturated rings. The molecule has 0 spiro atoms. The first-order valence-electron chi connectivity index (χ1n) is 7.28. The van der Waals surface area contributed by atoms with Crippen LogP contribution in [0.1, 0.15) is 24.4 Å². The van der Waals surface area contributed by atoms with Crippen LogP contribution in [0.25, 0.3) is 0 Å². The normalized spacial score (nSPS) is 24.6. The van der Waals surface area contributed by atoms with Crippen LogP contribution in [0.4, 0.5) is 11.4 Å². The van der Waals surface area contributed by atoms with Crippen molar-refractivity contribution in [2.24, 2.45) is 5.73 Å². The average Bonchev–Trinajstić information content (AvgIpc) is 2.96. The van der Waals surface area contributed by atoms with Crippen LogP contribution in [-0.2, 0) is 4.79 Å². The van der Waals surface area contributed by atoms with Crippen molar-refractivity contribution in [3.05, 3.63) is 22.2 Å². The molecule has 0 bridgehead atoms. The second kappa shape index (κ2) is 5.59. The highest BCUT2D eigenvalue weighted by Gasteiger charge is 2.31. The molecule has 6 heteroatoms. The molecule has 0 saturated carbocycles. The van der Waals surface area contributed by atoms with E-state index in [1.54, 1.807) is 0 Å². The molecule has 0 radical (unpaired) electrons. The number of rotatable bonds is 3. The van der Waals surface area contributed by atoms with E-state index in [0.717, 1.165) is 34.5 Å². The predicted octanol–water partition coefficient (Wildman–Crippen LogP) is 1.93. The summed E-state index contributed by atoms with van der Waals surface area (Å²) in [5, 5.41) is 2.87. The zero-order valence-electron chi connectivity index (χ0n) is 12.4. The highest BCUT2D eigenvalue weighted by atomic mass is 79.9. The van der Waals surface area contributed by atoms with Gasteiger partial charge in [-0.2, -0.15) is 0 Å². The standard InChI is InChI=1S/C15H21BrN4O/c1-19(2)8-9-4-3-5-20(9)13-7-12-10(6-11(13)16)14(17)15(21)18-12/h6-7,9,14H,3-5,8,17H2,1-2H3,(H,18,21). The Morgan fingerprint density at radius 3 is 2.95 bits per heavy atom. The van der Waals surface area contributed by atoms with Gasteiger partial charge in [0.1, 0.15) is 6.04 Å². The number of hydrogen-bond acceptors (Lipinski definition) is 4. The van der Waals surface area contributed by atoms with Crippen molar-refractivity contribution in [1.29, 1.82) is 0 Å². The zero-order chi connectivity index (χ0) is 15.1. The number of likely N-dealkylation sites (N-methyl/N-ethyl adjacent to an activating group) is 1. The molecule has 2 aliphatic rings. The molecule has 3 N–H and O–H groups in total. The summed E-state index contributed by atoms with van der Waals surface area (Å²) in [6.07, 6.45) is 2.40. The fourth-order valence-corrected chi connectivity index (χ4v) is 3.87. The van der Waals surface area contributed by atoms with Crippen LogP contribution in [-0.4, -0.2) is 44.0 Å². The Balaban J connectivity index is 1.93. The van der Waals surface area contributed by atoms with E-state index >= 15 is 0 Å². The summed E-state index contributed by atoms with van der Waals surface area (Å²) in [6.45, 7) is 2.09. The lowest BCUT2D eigenvalue weighted by Crippen LogP contribution is -2.37. The van der Waals surface area contributed by atoms with Gasteiger partial charge in [-0.25, -0.2) is 0 Å². The SMILES string of the molecule is CN(C)CC1CCCN1c1cc2c(cc1Br)C(N)C(=O)N2. The zero-order valence-corrected chi connectivity index (χ0v) is 14.0. The molecule has 0 aromatic heterocycles. The molecular formula is C15H21BrN4O. The topological polar surface area (TPSA) is 61.6 Å². The Morgan fingerprint density at radius 2 is 2.24 bits per heavy atom. The van der Waals surface area contributed by atoms with Gasteiger partial charge >= 0.3 is 0 Å². The van der Waals surface area contributed by atoms with Gasteiger partial charge in [0, 0.05) is 34.9 Å². The average molecular weight is 353 g/mol. The summed E-state index contributed by atoms with van der Waals surface area (Å²) in [7, 11) is 4.21. The third kappa shape index (κ3) is 2.67. The van der Waals surface area contributed by atoms with Gasteiger partial charge in [0.15, 0.2) is 0 Å². The van der Waals surface area contributed by atoms with E-state index in [9.17, 15) is 4.79 Å². The second-order valence-electron chi connectivity index (χ2n) is 6.11. The summed E-state index contributed by atoms with van der Waals surface area (Å²) in [5.74, 6) is -0.125. The van der Waals surface area contributed by atoms with E-state index in [2.05, 4.69) is 51.2 Å². The first-order chi connectivity index (χ1) is 9.97. The maximum Gasteiger partial charge on any atom is 0.245 e. The minimum atomic E-state index is -0.554. The Hall–Kier alpha value is -1.11. The van der Waals surface area contributed by atoms with Crippen molar-refractivity contribution in [1.82, 2.24) is 4.90 Å². The van der Waals surface area contributed by atoms with Crippen molar-refractivity contribution in [3.63, 3.8) is 0 Å². The van der Waals surface area contributed by atoms with Crippen molar-refractivity contribution in [3.8, 4) is 0 Å². The van der Waals surface area contributed by atoms with Crippen molar-refractivity contribution < 1.29 is 4.79 Å². The van der Waals surface area contributed by atoms with Gasteiger partial charge < -0.3 is 20.9 Å². The molecule has 2 heterocycles. The van der Waals surface area contributed by atoms with E-state index in [-0.39, 0.29) is 5.91 Å². The number of fused-ring (bicyclic) bond motifs is 1. The number of nitrogens with zero attached hydrogens (tertiary/aromatic N) is 2. The lowest BCUT2D eigenvalue weighted by atomic mass is 10.1. The van der Waals surface area contributed by atoms with E-state index in [0.29, 0.717) is 6.04 Å². The van der Waals surface area contributed by atoms with E-state index in [1.807, 2.05) is 6.07 Å². The van der Waals surface area contributed by atoms with E-state index in [4.69, 9.17) is 5.73 Å². The molecular weight excluding hydrogens is 332 g/mol. The first-order valence-corrected chi connectivity index (χ1v) is 8.08. The summed E-state index contributed by atoms with van der Waals surface area (Å²) in [4.78, 5) is 16.4. The number of nitrogens with two attached hydrogens (primary N) is 1. The minimum Gasteiger partial charge on any atom is -0.366 e. The lowest BCUT2D eigenvalue weighted by molar-refractivity contribution is -0.116. The highest BCUT2D eigenvalue weighted by Crippen LogP contribution is 2.40. The van der Waals surface area contributed by atoms with Crippen LogP contribution >= 0.6 is 15.9 Å². The van der Waals surface area contributed by atoms with Crippen molar-refractivity contribution in [2.45, 2.75) is 24.9 Å². The Labute approximate surface area is 133 Å². The molecule has 3 rings (SSSR count). The molecule has 21 heavy (non-hydrogen) atoms. The number of carbonyl (C=O) groups is 1. The number of anilines is 2. The Morgan fingerprint density at radius 1 is 1.48 bits per heavy atom. The van der Waals surface area contributed by atoms with Crippen LogP contribution in [0.3, 0.4) is 0 Å². The third-order valence-electron chi connectivity index (χ3n) is 4.26. The number of nitrogens with one attached hydrogen (secondary N) is 1. The largest absolute Gasteiger partial charge is 0.366 e. The van der Waals surface area contributed by atoms with Gasteiger partial charge in [-0.15, -0.1) is 0 Å². The monoisotopic (exact) mass is 352 g/mol. The van der Waals surface area contributed by atoms with Crippen LogP contribution in [0.2, 0.25) is 0 Å². The number of amides is 1. The maximum absolute atomic E-state index is 11.7. The van der Waals surface area contributed by atoms with Gasteiger partial charge in [-0.1, -0.05) is 0 Å². The van der Waals surface area contributed by atoms with Gasteiger partial charge in [-0.05, 0) is 55.0 Å². The van der Waals surface area contributed by atoms with Gasteiger partial charge in [-0.3, -0.25) is 4.79 Å². The minimum absolute atomic E-state index is 0.125. The molecule has 1 saturated heterocycles. The summed E-state index contributed by atoms with van der Waals surface area (Å²) >= 11 is 3.65. The molecule has 5 nitrogen and oxygen atoms in total. The highest BCUT2D eigenvalue weighted by molar-refractivity contribution is 9.10. The first kappa shape index (κ1) is 14.8. The molecule has 1 aromatic carbocycles. The molecule has 1 aromatic rings. The molecule has 0 aliphatic carbocycles. The van der Waals surface area contributed by atoms with E-state index < -0.39 is 6.04 Å². The Bertz CT molecular complexity index is 575. The van der Waals surface area contributed by atoms with Crippen LogP contribution in [0, 0.1) is 0 Å².